The molecule has 32 heavy (non-hydrogen) atoms. The first kappa shape index (κ1) is 23.0. The van der Waals surface area contributed by atoms with E-state index in [-0.39, 0.29) is 41.2 Å². The second-order valence-corrected chi connectivity index (χ2v) is 8.71. The highest BCUT2D eigenvalue weighted by Crippen LogP contribution is 2.27. The SMILES string of the molecule is CC(=O)NC[C@H]1CN(c2ccc(NS(=O)(=O)c3ccc(NC(C)=O)cc3)c(F)c2)C(=O)O1. The summed E-state index contributed by atoms with van der Waals surface area (Å²) < 4.78 is 47.1. The molecule has 1 saturated heterocycles. The lowest BCUT2D eigenvalue weighted by Gasteiger charge is -2.15. The predicted octanol–water partition coefficient (Wildman–Crippen LogP) is 2.05. The molecular weight excluding hydrogens is 443 g/mol. The molecule has 1 aliphatic heterocycles. The van der Waals surface area contributed by atoms with E-state index in [0.717, 1.165) is 6.07 Å². The van der Waals surface area contributed by atoms with Gasteiger partial charge in [0.2, 0.25) is 11.8 Å². The lowest BCUT2D eigenvalue weighted by atomic mass is 10.2. The molecule has 3 N–H and O–H groups in total. The van der Waals surface area contributed by atoms with Gasteiger partial charge < -0.3 is 15.4 Å². The first-order chi connectivity index (χ1) is 15.0. The van der Waals surface area contributed by atoms with Crippen LogP contribution in [0.15, 0.2) is 47.4 Å². The smallest absolute Gasteiger partial charge is 0.414 e. The Morgan fingerprint density at radius 1 is 1.12 bits per heavy atom. The molecular formula is C20H21FN4O6S. The summed E-state index contributed by atoms with van der Waals surface area (Å²) in [6.45, 7) is 2.88. The van der Waals surface area contributed by atoms with Crippen molar-refractivity contribution in [3.63, 3.8) is 0 Å². The second kappa shape index (κ2) is 9.22. The van der Waals surface area contributed by atoms with Crippen molar-refractivity contribution in [1.29, 1.82) is 0 Å². The fraction of sp³-hybridized carbons (Fsp3) is 0.250. The van der Waals surface area contributed by atoms with Crippen LogP contribution in [0.4, 0.5) is 26.2 Å². The molecule has 0 bridgehead atoms. The third kappa shape index (κ3) is 5.52. The summed E-state index contributed by atoms with van der Waals surface area (Å²) in [5.74, 6) is -1.46. The van der Waals surface area contributed by atoms with Gasteiger partial charge in [-0.05, 0) is 42.5 Å². The largest absolute Gasteiger partial charge is 0.442 e. The maximum Gasteiger partial charge on any atom is 0.414 e. The van der Waals surface area contributed by atoms with E-state index in [1.165, 1.54) is 55.1 Å². The van der Waals surface area contributed by atoms with Crippen molar-refractivity contribution in [2.24, 2.45) is 0 Å². The Bertz CT molecular complexity index is 1150. The molecule has 3 rings (SSSR count). The molecule has 0 aromatic heterocycles. The zero-order chi connectivity index (χ0) is 23.5. The Kier molecular flexibility index (Phi) is 6.63. The highest BCUT2D eigenvalue weighted by molar-refractivity contribution is 7.92. The Morgan fingerprint density at radius 3 is 2.41 bits per heavy atom. The van der Waals surface area contributed by atoms with Crippen LogP contribution < -0.4 is 20.3 Å². The maximum atomic E-state index is 14.6. The average Bonchev–Trinajstić information content (AvgIpc) is 3.08. The van der Waals surface area contributed by atoms with Gasteiger partial charge in [-0.25, -0.2) is 17.6 Å². The zero-order valence-electron chi connectivity index (χ0n) is 17.2. The Labute approximate surface area is 183 Å². The number of sulfonamides is 1. The number of halogens is 1. The number of rotatable bonds is 7. The molecule has 1 aliphatic rings. The number of nitrogens with zero attached hydrogens (tertiary/aromatic N) is 1. The number of carbonyl (C=O) groups excluding carboxylic acids is 3. The Balaban J connectivity index is 1.72. The third-order valence-electron chi connectivity index (χ3n) is 4.45. The Morgan fingerprint density at radius 2 is 1.81 bits per heavy atom. The van der Waals surface area contributed by atoms with Crippen LogP contribution >= 0.6 is 0 Å². The van der Waals surface area contributed by atoms with Gasteiger partial charge in [0.1, 0.15) is 11.9 Å². The molecule has 12 heteroatoms. The van der Waals surface area contributed by atoms with Crippen LogP contribution in [0.25, 0.3) is 0 Å². The molecule has 1 atom stereocenters. The van der Waals surface area contributed by atoms with Gasteiger partial charge in [0.05, 0.1) is 29.4 Å². The highest BCUT2D eigenvalue weighted by atomic mass is 32.2. The van der Waals surface area contributed by atoms with E-state index < -0.39 is 28.0 Å². The fourth-order valence-electron chi connectivity index (χ4n) is 2.98. The molecule has 0 aliphatic carbocycles. The molecule has 170 valence electrons. The molecule has 0 spiro atoms. The van der Waals surface area contributed by atoms with Crippen LogP contribution in [0.1, 0.15) is 13.8 Å². The minimum Gasteiger partial charge on any atom is -0.442 e. The van der Waals surface area contributed by atoms with Gasteiger partial charge in [-0.15, -0.1) is 0 Å². The monoisotopic (exact) mass is 464 g/mol. The molecule has 1 heterocycles. The minimum atomic E-state index is -4.10. The highest BCUT2D eigenvalue weighted by Gasteiger charge is 2.32. The lowest BCUT2D eigenvalue weighted by Crippen LogP contribution is -2.33. The standard InChI is InChI=1S/C20H21FN4O6S/c1-12(26)22-10-16-11-25(20(28)31-16)15-5-8-19(18(21)9-15)24-32(29,30)17-6-3-14(4-7-17)23-13(2)27/h3-9,16,24H,10-11H2,1-2H3,(H,22,26)(H,23,27)/t16-/m0/s1. The Hall–Kier alpha value is -3.67. The van der Waals surface area contributed by atoms with Gasteiger partial charge in [-0.2, -0.15) is 0 Å². The van der Waals surface area contributed by atoms with Gasteiger partial charge in [0.15, 0.2) is 0 Å². The van der Waals surface area contributed by atoms with Crippen LogP contribution in [-0.2, 0) is 24.3 Å². The van der Waals surface area contributed by atoms with Gasteiger partial charge in [-0.3, -0.25) is 19.2 Å². The van der Waals surface area contributed by atoms with Gasteiger partial charge >= 0.3 is 6.09 Å². The van der Waals surface area contributed by atoms with E-state index in [0.29, 0.717) is 5.69 Å². The van der Waals surface area contributed by atoms with E-state index in [1.807, 2.05) is 0 Å². The van der Waals surface area contributed by atoms with Gasteiger partial charge in [0, 0.05) is 19.5 Å². The number of hydrogen-bond acceptors (Lipinski definition) is 6. The molecule has 0 saturated carbocycles. The second-order valence-electron chi connectivity index (χ2n) is 7.03. The summed E-state index contributed by atoms with van der Waals surface area (Å²) in [6.07, 6.45) is -1.29. The zero-order valence-corrected chi connectivity index (χ0v) is 18.0. The molecule has 0 unspecified atom stereocenters. The molecule has 2 aromatic rings. The van der Waals surface area contributed by atoms with Crippen molar-refractivity contribution < 1.29 is 31.9 Å². The normalized spacial score (nSPS) is 15.8. The number of amides is 3. The van der Waals surface area contributed by atoms with Crippen molar-refractivity contribution in [2.45, 2.75) is 24.8 Å². The first-order valence-electron chi connectivity index (χ1n) is 9.48. The van der Waals surface area contributed by atoms with Crippen molar-refractivity contribution in [1.82, 2.24) is 5.32 Å². The lowest BCUT2D eigenvalue weighted by molar-refractivity contribution is -0.119. The number of ether oxygens (including phenoxy) is 1. The summed E-state index contributed by atoms with van der Waals surface area (Å²) in [7, 11) is -4.10. The molecule has 3 amide bonds. The van der Waals surface area contributed by atoms with E-state index in [4.69, 9.17) is 4.74 Å². The third-order valence-corrected chi connectivity index (χ3v) is 5.83. The maximum absolute atomic E-state index is 14.6. The van der Waals surface area contributed by atoms with Crippen molar-refractivity contribution in [3.8, 4) is 0 Å². The van der Waals surface area contributed by atoms with Gasteiger partial charge in [-0.1, -0.05) is 0 Å². The average molecular weight is 464 g/mol. The van der Waals surface area contributed by atoms with Crippen LogP contribution in [0.5, 0.6) is 0 Å². The fourth-order valence-corrected chi connectivity index (χ4v) is 4.04. The number of hydrogen-bond donors (Lipinski definition) is 3. The molecule has 10 nitrogen and oxygen atoms in total. The van der Waals surface area contributed by atoms with Gasteiger partial charge in [0.25, 0.3) is 10.0 Å². The van der Waals surface area contributed by atoms with E-state index in [2.05, 4.69) is 15.4 Å². The van der Waals surface area contributed by atoms with E-state index in [9.17, 15) is 27.2 Å². The number of anilines is 3. The van der Waals surface area contributed by atoms with Crippen LogP contribution in [0.3, 0.4) is 0 Å². The number of cyclic esters (lactones) is 1. The minimum absolute atomic E-state index is 0.101. The van der Waals surface area contributed by atoms with Crippen molar-refractivity contribution >= 4 is 45.0 Å². The first-order valence-corrected chi connectivity index (χ1v) is 11.0. The molecule has 0 radical (unpaired) electrons. The van der Waals surface area contributed by atoms with E-state index in [1.54, 1.807) is 0 Å². The predicted molar refractivity (Wildman–Crippen MR) is 114 cm³/mol. The summed E-state index contributed by atoms with van der Waals surface area (Å²) in [6, 6.07) is 8.95. The quantitative estimate of drug-likeness (QED) is 0.574. The summed E-state index contributed by atoms with van der Waals surface area (Å²) in [5, 5.41) is 5.06. The summed E-state index contributed by atoms with van der Waals surface area (Å²) in [4.78, 5) is 35.2. The molecule has 2 aromatic carbocycles. The van der Waals surface area contributed by atoms with Crippen LogP contribution in [0, 0.1) is 5.82 Å². The number of nitrogens with one attached hydrogen (secondary N) is 3. The summed E-state index contributed by atoms with van der Waals surface area (Å²) in [5.41, 5.74) is 0.295. The van der Waals surface area contributed by atoms with Crippen molar-refractivity contribution in [2.75, 3.05) is 28.0 Å². The van der Waals surface area contributed by atoms with Crippen molar-refractivity contribution in [3.05, 3.63) is 48.3 Å². The molecule has 1 fully saturated rings. The van der Waals surface area contributed by atoms with E-state index >= 15 is 0 Å². The topological polar surface area (TPSA) is 134 Å². The van der Waals surface area contributed by atoms with Crippen LogP contribution in [-0.4, -0.2) is 45.5 Å². The van der Waals surface area contributed by atoms with Crippen LogP contribution in [0.2, 0.25) is 0 Å². The summed E-state index contributed by atoms with van der Waals surface area (Å²) >= 11 is 0. The number of carbonyl (C=O) groups is 3. The number of benzene rings is 2.